The molecule has 0 bridgehead atoms. The normalized spacial score (nSPS) is 11.5. The summed E-state index contributed by atoms with van der Waals surface area (Å²) >= 11 is 0. The van der Waals surface area contributed by atoms with Crippen LogP contribution < -0.4 is 4.90 Å². The van der Waals surface area contributed by atoms with E-state index in [9.17, 15) is 0 Å². The van der Waals surface area contributed by atoms with Gasteiger partial charge in [0.1, 0.15) is 11.2 Å². The Morgan fingerprint density at radius 1 is 0.302 bits per heavy atom. The number of rotatable bonds is 8. The predicted molar refractivity (Wildman–Crippen MR) is 264 cm³/mol. The molecule has 0 radical (unpaired) electrons. The van der Waals surface area contributed by atoms with Crippen molar-refractivity contribution in [2.24, 2.45) is 0 Å². The minimum Gasteiger partial charge on any atom is -0.456 e. The molecule has 2 heterocycles. The van der Waals surface area contributed by atoms with E-state index in [0.717, 1.165) is 66.9 Å². The predicted octanol–water partition coefficient (Wildman–Crippen LogP) is 16.8. The summed E-state index contributed by atoms with van der Waals surface area (Å²) in [5, 5.41) is 4.76. The Morgan fingerprint density at radius 3 is 1.44 bits per heavy atom. The van der Waals surface area contributed by atoms with Crippen molar-refractivity contribution in [1.29, 1.82) is 0 Å². The number of fused-ring (bicyclic) bond motifs is 6. The van der Waals surface area contributed by atoms with Crippen molar-refractivity contribution >= 4 is 60.8 Å². The Bertz CT molecular complexity index is 3550. The third-order valence-electron chi connectivity index (χ3n) is 12.4. The van der Waals surface area contributed by atoms with Gasteiger partial charge in [-0.3, -0.25) is 0 Å². The zero-order valence-corrected chi connectivity index (χ0v) is 34.4. The highest BCUT2D eigenvalue weighted by Gasteiger charge is 2.19. The van der Waals surface area contributed by atoms with Gasteiger partial charge in [0.2, 0.25) is 0 Å². The van der Waals surface area contributed by atoms with Crippen LogP contribution in [0.25, 0.3) is 93.9 Å². The van der Waals surface area contributed by atoms with Gasteiger partial charge in [0.15, 0.2) is 0 Å². The van der Waals surface area contributed by atoms with E-state index >= 15 is 0 Å². The van der Waals surface area contributed by atoms with Gasteiger partial charge in [0.25, 0.3) is 0 Å². The maximum absolute atomic E-state index is 6.26. The zero-order chi connectivity index (χ0) is 41.7. The fraction of sp³-hybridized carbons (Fsp3) is 0. The maximum atomic E-state index is 6.26. The second-order valence-electron chi connectivity index (χ2n) is 16.1. The van der Waals surface area contributed by atoms with E-state index in [1.54, 1.807) is 0 Å². The lowest BCUT2D eigenvalue weighted by Gasteiger charge is -2.26. The van der Waals surface area contributed by atoms with Crippen molar-refractivity contribution in [1.82, 2.24) is 4.57 Å². The summed E-state index contributed by atoms with van der Waals surface area (Å²) in [6.07, 6.45) is 0. The molecule has 0 saturated carbocycles. The highest BCUT2D eigenvalue weighted by atomic mass is 16.3. The summed E-state index contributed by atoms with van der Waals surface area (Å²) in [6.45, 7) is 0. The molecule has 10 aromatic carbocycles. The van der Waals surface area contributed by atoms with Crippen LogP contribution in [0.3, 0.4) is 0 Å². The van der Waals surface area contributed by atoms with Crippen molar-refractivity contribution in [3.05, 3.63) is 243 Å². The molecule has 0 aliphatic carbocycles. The molecule has 0 atom stereocenters. The molecule has 0 fully saturated rings. The smallest absolute Gasteiger partial charge is 0.136 e. The fourth-order valence-corrected chi connectivity index (χ4v) is 9.45. The Labute approximate surface area is 366 Å². The van der Waals surface area contributed by atoms with Gasteiger partial charge in [-0.2, -0.15) is 0 Å². The topological polar surface area (TPSA) is 21.3 Å². The average molecular weight is 805 g/mol. The second kappa shape index (κ2) is 15.3. The average Bonchev–Trinajstić information content (AvgIpc) is 3.91. The van der Waals surface area contributed by atoms with E-state index in [1.165, 1.54) is 44.1 Å². The summed E-state index contributed by atoms with van der Waals surface area (Å²) < 4.78 is 8.70. The first kappa shape index (κ1) is 36.5. The fourth-order valence-electron chi connectivity index (χ4n) is 9.45. The minimum absolute atomic E-state index is 0.897. The molecule has 0 saturated heterocycles. The molecule has 0 amide bonds. The van der Waals surface area contributed by atoms with Crippen LogP contribution in [0.5, 0.6) is 0 Å². The lowest BCUT2D eigenvalue weighted by Crippen LogP contribution is -2.10. The molecule has 0 unspecified atom stereocenters. The quantitative estimate of drug-likeness (QED) is 0.153. The first-order valence-electron chi connectivity index (χ1n) is 21.5. The van der Waals surface area contributed by atoms with Crippen LogP contribution in [0, 0.1) is 0 Å². The zero-order valence-electron chi connectivity index (χ0n) is 34.4. The van der Waals surface area contributed by atoms with Crippen molar-refractivity contribution < 1.29 is 4.42 Å². The second-order valence-corrected chi connectivity index (χ2v) is 16.1. The van der Waals surface area contributed by atoms with E-state index in [4.69, 9.17) is 4.42 Å². The lowest BCUT2D eigenvalue weighted by molar-refractivity contribution is 0.669. The van der Waals surface area contributed by atoms with Crippen LogP contribution in [0.15, 0.2) is 247 Å². The number of hydrogen-bond acceptors (Lipinski definition) is 2. The molecule has 0 aliphatic rings. The highest BCUT2D eigenvalue weighted by molar-refractivity contribution is 6.12. The Balaban J connectivity index is 0.995. The molecule has 3 nitrogen and oxygen atoms in total. The van der Waals surface area contributed by atoms with E-state index in [-0.39, 0.29) is 0 Å². The van der Waals surface area contributed by atoms with Crippen LogP contribution in [-0.4, -0.2) is 4.57 Å². The Kier molecular flexibility index (Phi) is 8.83. The van der Waals surface area contributed by atoms with Crippen molar-refractivity contribution in [2.75, 3.05) is 4.90 Å². The monoisotopic (exact) mass is 804 g/mol. The van der Waals surface area contributed by atoms with Crippen LogP contribution in [0.2, 0.25) is 0 Å². The molecule has 63 heavy (non-hydrogen) atoms. The van der Waals surface area contributed by atoms with E-state index < -0.39 is 0 Å². The van der Waals surface area contributed by atoms with Crippen LogP contribution in [-0.2, 0) is 0 Å². The maximum Gasteiger partial charge on any atom is 0.136 e. The van der Waals surface area contributed by atoms with Crippen LogP contribution in [0.4, 0.5) is 17.1 Å². The lowest BCUT2D eigenvalue weighted by atomic mass is 9.97. The third kappa shape index (κ3) is 6.38. The first-order valence-corrected chi connectivity index (χ1v) is 21.5. The molecule has 2 aromatic heterocycles. The van der Waals surface area contributed by atoms with Gasteiger partial charge in [0, 0.05) is 44.2 Å². The third-order valence-corrected chi connectivity index (χ3v) is 12.4. The summed E-state index contributed by atoms with van der Waals surface area (Å²) in [6, 6.07) is 87.2. The van der Waals surface area contributed by atoms with E-state index in [1.807, 2.05) is 12.1 Å². The molecule has 0 spiro atoms. The van der Waals surface area contributed by atoms with Crippen molar-refractivity contribution in [3.63, 3.8) is 0 Å². The Hall–Kier alpha value is -8.40. The summed E-state index contributed by atoms with van der Waals surface area (Å²) in [7, 11) is 0. The molecule has 12 rings (SSSR count). The largest absolute Gasteiger partial charge is 0.456 e. The number of furan rings is 1. The molecular formula is C60H40N2O. The van der Waals surface area contributed by atoms with Gasteiger partial charge in [0.05, 0.1) is 16.7 Å². The highest BCUT2D eigenvalue weighted by Crippen LogP contribution is 2.43. The molecule has 12 aromatic rings. The number of benzene rings is 10. The number of anilines is 3. The van der Waals surface area contributed by atoms with Gasteiger partial charge in [-0.1, -0.05) is 176 Å². The van der Waals surface area contributed by atoms with Gasteiger partial charge >= 0.3 is 0 Å². The van der Waals surface area contributed by atoms with Crippen molar-refractivity contribution in [2.45, 2.75) is 0 Å². The standard InChI is InChI=1S/C60H40N2O/c1-3-15-41(16-4-1)45-19-13-20-49(39-45)61(48-36-31-44(32-37-48)51-24-14-28-59-60(51)54-23-9-12-27-58(54)63-59)47-34-29-43(30-35-47)50-38-33-46(42-17-5-2-6-18-42)40-57(50)62-55-25-10-7-21-52(55)53-22-8-11-26-56(53)62/h1-40H. The minimum atomic E-state index is 0.897. The number of hydrogen-bond donors (Lipinski definition) is 0. The summed E-state index contributed by atoms with van der Waals surface area (Å²) in [5.74, 6) is 0. The van der Waals surface area contributed by atoms with Gasteiger partial charge in [-0.05, 0) is 106 Å². The molecule has 3 heteroatoms. The SMILES string of the molecule is c1ccc(-c2cccc(N(c3ccc(-c4ccc(-c5ccccc5)cc4-n4c5ccccc5c5ccccc54)cc3)c3ccc(-c4cccc5oc6ccccc6c45)cc3)c2)cc1. The summed E-state index contributed by atoms with van der Waals surface area (Å²) in [4.78, 5) is 2.36. The Morgan fingerprint density at radius 2 is 0.794 bits per heavy atom. The van der Waals surface area contributed by atoms with Crippen LogP contribution >= 0.6 is 0 Å². The molecule has 0 aliphatic heterocycles. The van der Waals surface area contributed by atoms with Crippen LogP contribution in [0.1, 0.15) is 0 Å². The molecule has 296 valence electrons. The van der Waals surface area contributed by atoms with E-state index in [2.05, 4.69) is 240 Å². The number of aromatic nitrogens is 1. The number of nitrogens with zero attached hydrogens (tertiary/aromatic N) is 2. The van der Waals surface area contributed by atoms with Gasteiger partial charge < -0.3 is 13.9 Å². The van der Waals surface area contributed by atoms with Gasteiger partial charge in [-0.25, -0.2) is 0 Å². The summed E-state index contributed by atoms with van der Waals surface area (Å²) in [5.41, 5.74) is 17.9. The van der Waals surface area contributed by atoms with E-state index in [0.29, 0.717) is 0 Å². The van der Waals surface area contributed by atoms with Gasteiger partial charge in [-0.15, -0.1) is 0 Å². The molecular weight excluding hydrogens is 765 g/mol. The van der Waals surface area contributed by atoms with Crippen molar-refractivity contribution in [3.8, 4) is 50.2 Å². The number of para-hydroxylation sites is 3. The molecule has 0 N–H and O–H groups in total. The first-order chi connectivity index (χ1) is 31.2.